The number of halogens is 1. The van der Waals surface area contributed by atoms with Gasteiger partial charge in [0, 0.05) is 0 Å². The lowest BCUT2D eigenvalue weighted by Crippen LogP contribution is -2.30. The van der Waals surface area contributed by atoms with Crippen molar-refractivity contribution in [2.75, 3.05) is 0 Å². The molecule has 9 heteroatoms. The van der Waals surface area contributed by atoms with Crippen LogP contribution in [0.5, 0.6) is 0 Å². The van der Waals surface area contributed by atoms with Gasteiger partial charge in [0.2, 0.25) is 0 Å². The molecule has 0 radical (unpaired) electrons. The van der Waals surface area contributed by atoms with Gasteiger partial charge in [-0.25, -0.2) is 0 Å². The SMILES string of the molecule is N.O=S(O)O.[O-][Br+2]([O-])O. The van der Waals surface area contributed by atoms with Crippen LogP contribution in [0.4, 0.5) is 0 Å². The first-order valence-electron chi connectivity index (χ1n) is 1.01. The Labute approximate surface area is 58.8 Å². The van der Waals surface area contributed by atoms with Gasteiger partial charge in [0.05, 0.1) is 0 Å². The molecule has 0 aliphatic heterocycles. The van der Waals surface area contributed by atoms with Gasteiger partial charge >= 0.3 is 14.8 Å². The minimum absolute atomic E-state index is 0. The Morgan fingerprint density at radius 1 is 1.33 bits per heavy atom. The summed E-state index contributed by atoms with van der Waals surface area (Å²) in [5.74, 6) is 0. The monoisotopic (exact) mass is 227 g/mol. The van der Waals surface area contributed by atoms with Crippen LogP contribution in [-0.2, 0) is 11.4 Å². The number of hydrogen-bond acceptors (Lipinski definition) is 5. The minimum Gasteiger partial charge on any atom is -0.372 e. The van der Waals surface area contributed by atoms with Gasteiger partial charge in [-0.05, 0) is 4.20 Å². The highest BCUT2D eigenvalue weighted by atomic mass is 80.0. The Morgan fingerprint density at radius 3 is 1.33 bits per heavy atom. The zero-order chi connectivity index (χ0) is 7.15. The van der Waals surface area contributed by atoms with Crippen molar-refractivity contribution in [3.8, 4) is 0 Å². The zero-order valence-corrected chi connectivity index (χ0v) is 6.46. The van der Waals surface area contributed by atoms with Gasteiger partial charge in [0.25, 0.3) is 11.4 Å². The summed E-state index contributed by atoms with van der Waals surface area (Å²) in [6, 6.07) is 0. The van der Waals surface area contributed by atoms with Crippen LogP contribution in [0.2, 0.25) is 0 Å². The summed E-state index contributed by atoms with van der Waals surface area (Å²) >= 11 is -6.01. The predicted octanol–water partition coefficient (Wildman–Crippen LogP) is -3.09. The summed E-state index contributed by atoms with van der Waals surface area (Å²) in [5, 5.41) is 0. The van der Waals surface area contributed by atoms with Crippen molar-refractivity contribution in [3.05, 3.63) is 0 Å². The van der Waals surface area contributed by atoms with E-state index in [1.165, 1.54) is 0 Å². The highest BCUT2D eigenvalue weighted by Gasteiger charge is 1.86. The lowest BCUT2D eigenvalue weighted by molar-refractivity contribution is -1.63. The maximum atomic E-state index is 8.67. The van der Waals surface area contributed by atoms with Crippen LogP contribution in [0.25, 0.3) is 0 Å². The van der Waals surface area contributed by atoms with Gasteiger partial charge in [-0.3, -0.25) is 9.11 Å². The van der Waals surface area contributed by atoms with Crippen molar-refractivity contribution in [1.82, 2.24) is 6.15 Å². The zero-order valence-electron chi connectivity index (χ0n) is 4.06. The number of hydrogen-bond donors (Lipinski definition) is 4. The lowest BCUT2D eigenvalue weighted by Gasteiger charge is -1.69. The fraction of sp³-hybridized carbons (Fsp3) is 0. The Hall–Kier alpha value is 0.390. The van der Waals surface area contributed by atoms with Crippen LogP contribution in [0.15, 0.2) is 0 Å². The third kappa shape index (κ3) is 2250. The average molecular weight is 228 g/mol. The molecular formula is H6BrNO6S. The Bertz CT molecular complexity index is 57.3. The van der Waals surface area contributed by atoms with Crippen LogP contribution in [0.3, 0.4) is 0 Å². The molecule has 0 saturated heterocycles. The summed E-state index contributed by atoms with van der Waals surface area (Å²) in [6.45, 7) is 0. The van der Waals surface area contributed by atoms with E-state index in [1.807, 2.05) is 0 Å². The Balaban J connectivity index is -0.0000000720. The molecule has 7 nitrogen and oxygen atoms in total. The molecule has 0 fully saturated rings. The second-order valence-electron chi connectivity index (χ2n) is 0.432. The van der Waals surface area contributed by atoms with Gasteiger partial charge in [-0.15, -0.1) is 0 Å². The molecular weight excluding hydrogens is 222 g/mol. The largest absolute Gasteiger partial charge is 0.433 e. The van der Waals surface area contributed by atoms with Gasteiger partial charge in [0.1, 0.15) is 0 Å². The first-order valence-corrected chi connectivity index (χ1v) is 4.08. The van der Waals surface area contributed by atoms with Crippen LogP contribution in [-0.4, -0.2) is 17.5 Å². The van der Waals surface area contributed by atoms with Crippen LogP contribution in [0.1, 0.15) is 0 Å². The quantitative estimate of drug-likeness (QED) is 0.319. The predicted molar refractivity (Wildman–Crippen MR) is 20.6 cm³/mol. The number of rotatable bonds is 0. The lowest BCUT2D eigenvalue weighted by atomic mass is 14.0. The smallest absolute Gasteiger partial charge is 0.372 e. The summed E-state index contributed by atoms with van der Waals surface area (Å²) in [7, 11) is 0. The molecule has 0 bridgehead atoms. The Kier molecular flexibility index (Phi) is 20.2. The van der Waals surface area contributed by atoms with E-state index in [0.717, 1.165) is 0 Å². The van der Waals surface area contributed by atoms with E-state index >= 15 is 0 Å². The van der Waals surface area contributed by atoms with Gasteiger partial charge in [-0.2, -0.15) is 4.21 Å². The van der Waals surface area contributed by atoms with E-state index < -0.39 is 26.2 Å². The first-order chi connectivity index (χ1) is 3.46. The summed E-state index contributed by atoms with van der Waals surface area (Å²) < 4.78 is 47.1. The second kappa shape index (κ2) is 11.2. The molecule has 60 valence electrons. The molecule has 0 aromatic heterocycles. The molecule has 0 aliphatic carbocycles. The molecule has 0 atom stereocenters. The van der Waals surface area contributed by atoms with Crippen molar-refractivity contribution in [3.63, 3.8) is 0 Å². The van der Waals surface area contributed by atoms with E-state index in [9.17, 15) is 0 Å². The maximum absolute atomic E-state index is 8.67. The third-order valence-corrected chi connectivity index (χ3v) is 0. The molecule has 0 rings (SSSR count). The summed E-state index contributed by atoms with van der Waals surface area (Å²) in [5.41, 5.74) is 0. The normalized spacial score (nSPS) is 7.89. The van der Waals surface area contributed by atoms with Crippen molar-refractivity contribution in [2.45, 2.75) is 0 Å². The van der Waals surface area contributed by atoms with Crippen molar-refractivity contribution >= 4 is 11.4 Å². The van der Waals surface area contributed by atoms with Gasteiger partial charge in [0.15, 0.2) is 0 Å². The highest BCUT2D eigenvalue weighted by Crippen LogP contribution is 1.44. The van der Waals surface area contributed by atoms with Crippen molar-refractivity contribution in [2.24, 2.45) is 0 Å². The summed E-state index contributed by atoms with van der Waals surface area (Å²) in [6.07, 6.45) is 0. The minimum atomic E-state index is -3.40. The van der Waals surface area contributed by atoms with E-state index in [0.29, 0.717) is 0 Å². The molecule has 0 aromatic rings. The van der Waals surface area contributed by atoms with E-state index in [-0.39, 0.29) is 6.15 Å². The fourth-order valence-corrected chi connectivity index (χ4v) is 0. The Morgan fingerprint density at radius 2 is 1.33 bits per heavy atom. The van der Waals surface area contributed by atoms with Crippen LogP contribution < -0.4 is 14.5 Å². The molecule has 6 N–H and O–H groups in total. The van der Waals surface area contributed by atoms with Gasteiger partial charge in [-0.1, -0.05) is 0 Å². The molecule has 9 heavy (non-hydrogen) atoms. The fourth-order valence-electron chi connectivity index (χ4n) is 0. The van der Waals surface area contributed by atoms with Crippen molar-refractivity contribution < 1.29 is 40.7 Å². The third-order valence-electron chi connectivity index (χ3n) is 0. The second-order valence-corrected chi connectivity index (χ2v) is 1.74. The molecule has 0 aliphatic rings. The highest BCUT2D eigenvalue weighted by molar-refractivity contribution is 7.73. The molecule has 0 spiro atoms. The van der Waals surface area contributed by atoms with E-state index in [1.54, 1.807) is 0 Å². The molecule has 0 aromatic carbocycles. The van der Waals surface area contributed by atoms with Crippen molar-refractivity contribution in [1.29, 1.82) is 0 Å². The molecule has 0 heterocycles. The topological polar surface area (TPSA) is 159 Å². The van der Waals surface area contributed by atoms with Crippen LogP contribution >= 0.6 is 0 Å². The standard InChI is InChI=1S/BrHO3.H3N.H2O3S/c2-1(3)4;;1-4(2)3/h2H;1H3;(H2,1,2,3). The first kappa shape index (κ1) is 16.2. The van der Waals surface area contributed by atoms with E-state index in [2.05, 4.69) is 0 Å². The molecule has 0 unspecified atom stereocenters. The molecule has 0 amide bonds. The average Bonchev–Trinajstić information content (AvgIpc) is 1.25. The van der Waals surface area contributed by atoms with Crippen LogP contribution in [0, 0.1) is 14.8 Å². The summed E-state index contributed by atoms with van der Waals surface area (Å²) in [4.78, 5) is 0. The van der Waals surface area contributed by atoms with Gasteiger partial charge < -0.3 is 14.5 Å². The molecule has 0 saturated carbocycles. The van der Waals surface area contributed by atoms with E-state index in [4.69, 9.17) is 25.9 Å². The maximum Gasteiger partial charge on any atom is 0.433 e.